The van der Waals surface area contributed by atoms with E-state index in [-0.39, 0.29) is 18.3 Å². The minimum absolute atomic E-state index is 0.0123. The number of H-pyrrole nitrogens is 1. The van der Waals surface area contributed by atoms with Crippen LogP contribution in [0.25, 0.3) is 0 Å². The van der Waals surface area contributed by atoms with E-state index in [4.69, 9.17) is 10.5 Å². The number of nitrogens with one attached hydrogen (secondary N) is 1. The number of aliphatic hydroxyl groups is 2. The minimum atomic E-state index is -1.08. The Morgan fingerprint density at radius 2 is 2.33 bits per heavy atom. The van der Waals surface area contributed by atoms with E-state index >= 15 is 0 Å². The summed E-state index contributed by atoms with van der Waals surface area (Å²) in [6, 6.07) is 0. The molecular formula is C7H10N4O4. The lowest BCUT2D eigenvalue weighted by Gasteiger charge is -2.10. The van der Waals surface area contributed by atoms with Crippen molar-refractivity contribution < 1.29 is 19.7 Å². The normalized spacial score (nSPS) is 30.7. The molecule has 0 bridgehead atoms. The third-order valence-electron chi connectivity index (χ3n) is 2.14. The second-order valence-electron chi connectivity index (χ2n) is 3.22. The van der Waals surface area contributed by atoms with E-state index in [1.54, 1.807) is 0 Å². The zero-order valence-corrected chi connectivity index (χ0v) is 7.62. The molecule has 1 saturated heterocycles. The molecule has 82 valence electrons. The van der Waals surface area contributed by atoms with Gasteiger partial charge in [-0.05, 0) is 0 Å². The molecule has 2 rings (SSSR count). The molecule has 1 amide bonds. The Balaban J connectivity index is 2.19. The Kier molecular flexibility index (Phi) is 2.39. The number of nitrogens with zero attached hydrogens (tertiary/aromatic N) is 2. The average molecular weight is 214 g/mol. The van der Waals surface area contributed by atoms with Gasteiger partial charge < -0.3 is 20.7 Å². The molecule has 1 aliphatic heterocycles. The van der Waals surface area contributed by atoms with E-state index < -0.39 is 24.2 Å². The predicted octanol–water partition coefficient (Wildman–Crippen LogP) is -2.30. The Morgan fingerprint density at radius 1 is 1.60 bits per heavy atom. The number of ether oxygens (including phenoxy) is 1. The molecule has 8 nitrogen and oxygen atoms in total. The molecule has 0 aliphatic carbocycles. The van der Waals surface area contributed by atoms with Crippen LogP contribution in [-0.2, 0) is 4.74 Å². The van der Waals surface area contributed by atoms with Crippen LogP contribution >= 0.6 is 0 Å². The van der Waals surface area contributed by atoms with E-state index in [0.29, 0.717) is 0 Å². The predicted molar refractivity (Wildman–Crippen MR) is 45.6 cm³/mol. The molecule has 1 aromatic heterocycles. The lowest BCUT2D eigenvalue weighted by molar-refractivity contribution is 0.0184. The van der Waals surface area contributed by atoms with Crippen molar-refractivity contribution >= 4 is 5.91 Å². The molecule has 5 N–H and O–H groups in total. The highest BCUT2D eigenvalue weighted by molar-refractivity contribution is 5.88. The molecule has 2 heterocycles. The summed E-state index contributed by atoms with van der Waals surface area (Å²) in [6.07, 6.45) is -2.85. The number of primary amides is 1. The summed E-state index contributed by atoms with van der Waals surface area (Å²) in [5, 5.41) is 24.7. The first-order valence-electron chi connectivity index (χ1n) is 4.29. The minimum Gasteiger partial charge on any atom is -0.388 e. The van der Waals surface area contributed by atoms with Crippen molar-refractivity contribution in [3.05, 3.63) is 11.6 Å². The fraction of sp³-hybridized carbons (Fsp3) is 0.571. The second-order valence-corrected chi connectivity index (χ2v) is 3.22. The lowest BCUT2D eigenvalue weighted by Crippen LogP contribution is -2.25. The number of aliphatic hydroxyl groups excluding tert-OH is 2. The van der Waals surface area contributed by atoms with E-state index in [0.717, 1.165) is 0 Å². The summed E-state index contributed by atoms with van der Waals surface area (Å²) < 4.78 is 5.07. The highest BCUT2D eigenvalue weighted by atomic mass is 16.5. The number of rotatable bonds is 2. The first kappa shape index (κ1) is 10.0. The van der Waals surface area contributed by atoms with Gasteiger partial charge in [0.2, 0.25) is 5.82 Å². The standard InChI is InChI=1S/C7H10N4O4/c8-5(14)7-9-6(10-11-7)4-3(13)2(12)1-15-4/h2-4,12-13H,1H2,(H2,8,14)(H,9,10,11). The highest BCUT2D eigenvalue weighted by Crippen LogP contribution is 2.26. The summed E-state index contributed by atoms with van der Waals surface area (Å²) in [7, 11) is 0. The summed E-state index contributed by atoms with van der Waals surface area (Å²) in [6.45, 7) is 0.0123. The van der Waals surface area contributed by atoms with Crippen LogP contribution in [0.1, 0.15) is 22.5 Å². The van der Waals surface area contributed by atoms with Crippen LogP contribution in [0.5, 0.6) is 0 Å². The number of amides is 1. The highest BCUT2D eigenvalue weighted by Gasteiger charge is 2.37. The van der Waals surface area contributed by atoms with E-state index in [1.165, 1.54) is 0 Å². The van der Waals surface area contributed by atoms with Crippen molar-refractivity contribution in [3.8, 4) is 0 Å². The Hall–Kier alpha value is -1.51. The van der Waals surface area contributed by atoms with E-state index in [9.17, 15) is 15.0 Å². The Labute approximate surface area is 84.1 Å². The van der Waals surface area contributed by atoms with Crippen molar-refractivity contribution in [2.75, 3.05) is 6.61 Å². The Bertz CT molecular complexity index is 379. The molecule has 0 aromatic carbocycles. The van der Waals surface area contributed by atoms with Crippen molar-refractivity contribution in [1.29, 1.82) is 0 Å². The van der Waals surface area contributed by atoms with E-state index in [2.05, 4.69) is 15.2 Å². The van der Waals surface area contributed by atoms with Gasteiger partial charge in [0, 0.05) is 0 Å². The number of aromatic nitrogens is 3. The SMILES string of the molecule is NC(=O)c1n[nH]c(C2OCC(O)C2O)n1. The van der Waals surface area contributed by atoms with Gasteiger partial charge in [-0.1, -0.05) is 0 Å². The number of nitrogens with two attached hydrogens (primary N) is 1. The van der Waals surface area contributed by atoms with Gasteiger partial charge in [0.05, 0.1) is 6.61 Å². The fourth-order valence-electron chi connectivity index (χ4n) is 1.35. The van der Waals surface area contributed by atoms with Crippen LogP contribution < -0.4 is 5.73 Å². The smallest absolute Gasteiger partial charge is 0.288 e. The van der Waals surface area contributed by atoms with Crippen molar-refractivity contribution in [3.63, 3.8) is 0 Å². The lowest BCUT2D eigenvalue weighted by atomic mass is 10.1. The zero-order chi connectivity index (χ0) is 11.0. The van der Waals surface area contributed by atoms with Crippen molar-refractivity contribution in [2.45, 2.75) is 18.3 Å². The molecule has 3 atom stereocenters. The Morgan fingerprint density at radius 3 is 2.80 bits per heavy atom. The number of hydrogen-bond donors (Lipinski definition) is 4. The fourth-order valence-corrected chi connectivity index (χ4v) is 1.35. The topological polar surface area (TPSA) is 134 Å². The summed E-state index contributed by atoms with van der Waals surface area (Å²) in [5.74, 6) is -0.777. The maximum absolute atomic E-state index is 10.7. The molecule has 1 fully saturated rings. The number of carbonyl (C=O) groups excluding carboxylic acids is 1. The maximum Gasteiger partial charge on any atom is 0.288 e. The molecule has 1 aliphatic rings. The van der Waals surface area contributed by atoms with E-state index in [1.807, 2.05) is 0 Å². The van der Waals surface area contributed by atoms with Crippen molar-refractivity contribution in [2.24, 2.45) is 5.73 Å². The third-order valence-corrected chi connectivity index (χ3v) is 2.14. The van der Waals surface area contributed by atoms with Gasteiger partial charge in [0.1, 0.15) is 18.3 Å². The van der Waals surface area contributed by atoms with Crippen LogP contribution in [-0.4, -0.2) is 50.1 Å². The maximum atomic E-state index is 10.7. The number of carbonyl (C=O) groups is 1. The molecule has 8 heteroatoms. The molecule has 0 spiro atoms. The largest absolute Gasteiger partial charge is 0.388 e. The quantitative estimate of drug-likeness (QED) is 0.437. The van der Waals surface area contributed by atoms with Gasteiger partial charge in [-0.3, -0.25) is 9.89 Å². The van der Waals surface area contributed by atoms with Gasteiger partial charge in [-0.15, -0.1) is 5.10 Å². The van der Waals surface area contributed by atoms with Crippen LogP contribution in [0, 0.1) is 0 Å². The van der Waals surface area contributed by atoms with Crippen LogP contribution in [0.4, 0.5) is 0 Å². The van der Waals surface area contributed by atoms with Gasteiger partial charge in [0.25, 0.3) is 5.91 Å². The second kappa shape index (κ2) is 3.57. The summed E-state index contributed by atoms with van der Waals surface area (Å²) >= 11 is 0. The van der Waals surface area contributed by atoms with Crippen LogP contribution in [0.15, 0.2) is 0 Å². The van der Waals surface area contributed by atoms with Gasteiger partial charge in [-0.2, -0.15) is 0 Å². The summed E-state index contributed by atoms with van der Waals surface area (Å²) in [5.41, 5.74) is 4.95. The van der Waals surface area contributed by atoms with Gasteiger partial charge >= 0.3 is 0 Å². The third kappa shape index (κ3) is 1.69. The van der Waals surface area contributed by atoms with Crippen LogP contribution in [0.3, 0.4) is 0 Å². The first-order valence-corrected chi connectivity index (χ1v) is 4.29. The molecule has 15 heavy (non-hydrogen) atoms. The van der Waals surface area contributed by atoms with Crippen LogP contribution in [0.2, 0.25) is 0 Å². The molecule has 0 saturated carbocycles. The molecule has 3 unspecified atom stereocenters. The zero-order valence-electron chi connectivity index (χ0n) is 7.62. The number of aromatic amines is 1. The van der Waals surface area contributed by atoms with Gasteiger partial charge in [-0.25, -0.2) is 4.98 Å². The van der Waals surface area contributed by atoms with Gasteiger partial charge in [0.15, 0.2) is 5.82 Å². The van der Waals surface area contributed by atoms with Crippen molar-refractivity contribution in [1.82, 2.24) is 15.2 Å². The summed E-state index contributed by atoms with van der Waals surface area (Å²) in [4.78, 5) is 14.4. The number of hydrogen-bond acceptors (Lipinski definition) is 6. The monoisotopic (exact) mass is 214 g/mol. The first-order chi connectivity index (χ1) is 7.09. The average Bonchev–Trinajstić information content (AvgIpc) is 2.76. The molecular weight excluding hydrogens is 204 g/mol. The molecule has 0 radical (unpaired) electrons. The molecule has 1 aromatic rings.